The zero-order valence-electron chi connectivity index (χ0n) is 8.75. The van der Waals surface area contributed by atoms with E-state index >= 15 is 0 Å². The minimum Gasteiger partial charge on any atom is -0.490 e. The van der Waals surface area contributed by atoms with Crippen LogP contribution in [-0.4, -0.2) is 25.6 Å². The van der Waals surface area contributed by atoms with Gasteiger partial charge in [-0.25, -0.2) is 0 Å². The number of ketones is 1. The van der Waals surface area contributed by atoms with Gasteiger partial charge in [0.1, 0.15) is 0 Å². The first-order chi connectivity index (χ1) is 6.84. The molecule has 1 rings (SSSR count). The Kier molecular flexibility index (Phi) is 5.30. The van der Waals surface area contributed by atoms with Crippen molar-refractivity contribution in [1.29, 1.82) is 0 Å². The molecule has 3 heteroatoms. The molecule has 0 aliphatic carbocycles. The van der Waals surface area contributed by atoms with Gasteiger partial charge in [0, 0.05) is 13.0 Å². The van der Waals surface area contributed by atoms with Crippen LogP contribution in [0.1, 0.15) is 32.6 Å². The summed E-state index contributed by atoms with van der Waals surface area (Å²) in [7, 11) is 0. The number of ether oxygens (including phenoxy) is 2. The number of carbonyl (C=O) groups is 1. The lowest BCUT2D eigenvalue weighted by Crippen LogP contribution is -2.13. The lowest BCUT2D eigenvalue weighted by molar-refractivity contribution is -0.120. The molecule has 14 heavy (non-hydrogen) atoms. The van der Waals surface area contributed by atoms with Gasteiger partial charge in [0.25, 0.3) is 0 Å². The van der Waals surface area contributed by atoms with Gasteiger partial charge in [-0.15, -0.1) is 0 Å². The summed E-state index contributed by atoms with van der Waals surface area (Å²) in [6, 6.07) is 0. The van der Waals surface area contributed by atoms with Gasteiger partial charge in [0.15, 0.2) is 11.5 Å². The summed E-state index contributed by atoms with van der Waals surface area (Å²) in [5.74, 6) is 0.608. The summed E-state index contributed by atoms with van der Waals surface area (Å²) in [6.07, 6.45) is 5.28. The lowest BCUT2D eigenvalue weighted by Gasteiger charge is -2.13. The van der Waals surface area contributed by atoms with Gasteiger partial charge in [-0.05, 0) is 25.3 Å². The van der Waals surface area contributed by atoms with Crippen molar-refractivity contribution in [2.45, 2.75) is 32.6 Å². The molecule has 0 fully saturated rings. The summed E-state index contributed by atoms with van der Waals surface area (Å²) in [6.45, 7) is 3.96. The molecular formula is C11H18O3. The second kappa shape index (κ2) is 6.60. The van der Waals surface area contributed by atoms with Crippen LogP contribution in [0.3, 0.4) is 0 Å². The Hall–Kier alpha value is -0.830. The number of allylic oxidation sites excluding steroid dienone is 2. The summed E-state index contributed by atoms with van der Waals surface area (Å²) in [4.78, 5) is 11.5. The molecule has 0 aromatic carbocycles. The lowest BCUT2D eigenvalue weighted by atomic mass is 10.1. The SMILES string of the molecule is CCCOCCC(=O)C1=CCCCO1. The van der Waals surface area contributed by atoms with E-state index in [1.165, 1.54) is 0 Å². The normalized spacial score (nSPS) is 15.9. The maximum Gasteiger partial charge on any atom is 0.199 e. The third-order valence-corrected chi connectivity index (χ3v) is 2.03. The third-order valence-electron chi connectivity index (χ3n) is 2.03. The predicted molar refractivity (Wildman–Crippen MR) is 54.0 cm³/mol. The first-order valence-electron chi connectivity index (χ1n) is 5.28. The van der Waals surface area contributed by atoms with Crippen LogP contribution in [0.4, 0.5) is 0 Å². The van der Waals surface area contributed by atoms with Crippen molar-refractivity contribution in [1.82, 2.24) is 0 Å². The Balaban J connectivity index is 2.17. The average molecular weight is 198 g/mol. The Morgan fingerprint density at radius 3 is 3.07 bits per heavy atom. The first-order valence-corrected chi connectivity index (χ1v) is 5.28. The van der Waals surface area contributed by atoms with E-state index in [9.17, 15) is 4.79 Å². The number of hydrogen-bond donors (Lipinski definition) is 0. The molecule has 0 radical (unpaired) electrons. The van der Waals surface area contributed by atoms with Gasteiger partial charge in [0.2, 0.25) is 0 Å². The maximum atomic E-state index is 11.5. The second-order valence-corrected chi connectivity index (χ2v) is 3.34. The van der Waals surface area contributed by atoms with Crippen LogP contribution in [0, 0.1) is 0 Å². The van der Waals surface area contributed by atoms with E-state index in [2.05, 4.69) is 6.92 Å². The Labute approximate surface area is 85.1 Å². The smallest absolute Gasteiger partial charge is 0.199 e. The number of hydrogen-bond acceptors (Lipinski definition) is 3. The second-order valence-electron chi connectivity index (χ2n) is 3.34. The van der Waals surface area contributed by atoms with Gasteiger partial charge >= 0.3 is 0 Å². The molecule has 1 aliphatic heterocycles. The Morgan fingerprint density at radius 2 is 2.43 bits per heavy atom. The molecule has 0 saturated heterocycles. The van der Waals surface area contributed by atoms with Crippen molar-refractivity contribution in [2.75, 3.05) is 19.8 Å². The van der Waals surface area contributed by atoms with Gasteiger partial charge in [-0.3, -0.25) is 4.79 Å². The summed E-state index contributed by atoms with van der Waals surface area (Å²) < 4.78 is 10.5. The molecule has 1 aliphatic rings. The molecule has 3 nitrogen and oxygen atoms in total. The van der Waals surface area contributed by atoms with Crippen molar-refractivity contribution in [3.8, 4) is 0 Å². The van der Waals surface area contributed by atoms with Crippen LogP contribution < -0.4 is 0 Å². The molecule has 0 atom stereocenters. The Morgan fingerprint density at radius 1 is 1.57 bits per heavy atom. The molecule has 0 aromatic rings. The monoisotopic (exact) mass is 198 g/mol. The summed E-state index contributed by atoms with van der Waals surface area (Å²) in [5, 5.41) is 0. The topological polar surface area (TPSA) is 35.5 Å². The van der Waals surface area contributed by atoms with E-state index in [0.717, 1.165) is 25.9 Å². The van der Waals surface area contributed by atoms with Crippen molar-refractivity contribution in [3.63, 3.8) is 0 Å². The molecule has 0 spiro atoms. The zero-order valence-corrected chi connectivity index (χ0v) is 8.75. The van der Waals surface area contributed by atoms with Crippen LogP contribution in [0.5, 0.6) is 0 Å². The summed E-state index contributed by atoms with van der Waals surface area (Å²) in [5.41, 5.74) is 0. The van der Waals surface area contributed by atoms with E-state index in [-0.39, 0.29) is 5.78 Å². The molecule has 80 valence electrons. The van der Waals surface area contributed by atoms with E-state index in [1.807, 2.05) is 6.08 Å². The number of Topliss-reactive ketones (excluding diaryl/α,β-unsaturated/α-hetero) is 1. The zero-order chi connectivity index (χ0) is 10.2. The first kappa shape index (κ1) is 11.2. The molecule has 0 unspecified atom stereocenters. The highest BCUT2D eigenvalue weighted by Crippen LogP contribution is 2.12. The minimum atomic E-state index is 0.0702. The van der Waals surface area contributed by atoms with Crippen molar-refractivity contribution in [2.24, 2.45) is 0 Å². The molecule has 1 heterocycles. The van der Waals surface area contributed by atoms with Crippen LogP contribution in [0.2, 0.25) is 0 Å². The van der Waals surface area contributed by atoms with Gasteiger partial charge in [-0.2, -0.15) is 0 Å². The third kappa shape index (κ3) is 3.92. The maximum absolute atomic E-state index is 11.5. The quantitative estimate of drug-likeness (QED) is 0.613. The average Bonchev–Trinajstić information content (AvgIpc) is 2.25. The fourth-order valence-corrected chi connectivity index (χ4v) is 1.29. The standard InChI is InChI=1S/C11H18O3/c1-2-7-13-9-6-10(12)11-5-3-4-8-14-11/h5H,2-4,6-9H2,1H3. The van der Waals surface area contributed by atoms with Crippen LogP contribution in [0.15, 0.2) is 11.8 Å². The summed E-state index contributed by atoms with van der Waals surface area (Å²) >= 11 is 0. The van der Waals surface area contributed by atoms with Crippen molar-refractivity contribution >= 4 is 5.78 Å². The molecule has 0 aromatic heterocycles. The van der Waals surface area contributed by atoms with E-state index in [0.29, 0.717) is 25.4 Å². The highest BCUT2D eigenvalue weighted by Gasteiger charge is 2.12. The minimum absolute atomic E-state index is 0.0702. The highest BCUT2D eigenvalue weighted by molar-refractivity contribution is 5.93. The molecule has 0 amide bonds. The van der Waals surface area contributed by atoms with Gasteiger partial charge < -0.3 is 9.47 Å². The molecular weight excluding hydrogens is 180 g/mol. The van der Waals surface area contributed by atoms with E-state index < -0.39 is 0 Å². The van der Waals surface area contributed by atoms with Crippen molar-refractivity contribution in [3.05, 3.63) is 11.8 Å². The molecule has 0 N–H and O–H groups in total. The number of carbonyl (C=O) groups excluding carboxylic acids is 1. The predicted octanol–water partition coefficient (Wildman–Crippen LogP) is 2.07. The van der Waals surface area contributed by atoms with E-state index in [1.54, 1.807) is 0 Å². The van der Waals surface area contributed by atoms with Gasteiger partial charge in [-0.1, -0.05) is 6.92 Å². The van der Waals surface area contributed by atoms with E-state index in [4.69, 9.17) is 9.47 Å². The molecule has 0 bridgehead atoms. The fraction of sp³-hybridized carbons (Fsp3) is 0.727. The fourth-order valence-electron chi connectivity index (χ4n) is 1.29. The highest BCUT2D eigenvalue weighted by atomic mass is 16.5. The largest absolute Gasteiger partial charge is 0.490 e. The van der Waals surface area contributed by atoms with Crippen molar-refractivity contribution < 1.29 is 14.3 Å². The van der Waals surface area contributed by atoms with Crippen LogP contribution in [0.25, 0.3) is 0 Å². The van der Waals surface area contributed by atoms with Crippen LogP contribution >= 0.6 is 0 Å². The van der Waals surface area contributed by atoms with Gasteiger partial charge in [0.05, 0.1) is 13.2 Å². The molecule has 0 saturated carbocycles. The van der Waals surface area contributed by atoms with Crippen LogP contribution in [-0.2, 0) is 14.3 Å². The Bertz CT molecular complexity index is 209. The number of rotatable bonds is 6.